The first kappa shape index (κ1) is 23.4. The molecule has 0 saturated carbocycles. The van der Waals surface area contributed by atoms with E-state index in [1.807, 2.05) is 6.92 Å². The van der Waals surface area contributed by atoms with Crippen LogP contribution in [0.2, 0.25) is 0 Å². The molecule has 3 aromatic rings. The smallest absolute Gasteiger partial charge is 0.416 e. The molecule has 1 aromatic heterocycles. The van der Waals surface area contributed by atoms with E-state index in [1.165, 1.54) is 31.3 Å². The Bertz CT molecular complexity index is 1190. The van der Waals surface area contributed by atoms with E-state index >= 15 is 0 Å². The van der Waals surface area contributed by atoms with E-state index in [9.17, 15) is 26.4 Å². The van der Waals surface area contributed by atoms with Crippen molar-refractivity contribution in [1.82, 2.24) is 14.4 Å². The van der Waals surface area contributed by atoms with Gasteiger partial charge in [-0.15, -0.1) is 0 Å². The van der Waals surface area contributed by atoms with Crippen LogP contribution in [0.25, 0.3) is 11.4 Å². The summed E-state index contributed by atoms with van der Waals surface area (Å²) in [7, 11) is -2.64. The highest BCUT2D eigenvalue weighted by molar-refractivity contribution is 7.89. The number of hydrogen-bond acceptors (Lipinski definition) is 7. The van der Waals surface area contributed by atoms with Crippen molar-refractivity contribution in [1.29, 1.82) is 0 Å². The number of nitrogens with zero attached hydrogens (tertiary/aromatic N) is 3. The Kier molecular flexibility index (Phi) is 6.65. The van der Waals surface area contributed by atoms with E-state index in [0.29, 0.717) is 0 Å². The molecule has 0 aliphatic carbocycles. The molecule has 3 rings (SSSR count). The minimum absolute atomic E-state index is 0.0174. The van der Waals surface area contributed by atoms with Gasteiger partial charge < -0.3 is 9.26 Å². The van der Waals surface area contributed by atoms with Crippen LogP contribution in [0.5, 0.6) is 0 Å². The Hall–Kier alpha value is -3.25. The van der Waals surface area contributed by atoms with E-state index in [4.69, 9.17) is 9.26 Å². The van der Waals surface area contributed by atoms with Crippen LogP contribution < -0.4 is 0 Å². The first-order chi connectivity index (χ1) is 15.0. The molecule has 0 saturated heterocycles. The highest BCUT2D eigenvalue weighted by Gasteiger charge is 2.30. The van der Waals surface area contributed by atoms with Crippen molar-refractivity contribution in [3.63, 3.8) is 0 Å². The fourth-order valence-corrected chi connectivity index (χ4v) is 3.70. The molecule has 0 bridgehead atoms. The lowest BCUT2D eigenvalue weighted by Crippen LogP contribution is -2.33. The molecule has 12 heteroatoms. The number of esters is 1. The average molecular weight is 469 g/mol. The van der Waals surface area contributed by atoms with Crippen LogP contribution in [-0.4, -0.2) is 42.4 Å². The van der Waals surface area contributed by atoms with Gasteiger partial charge in [0, 0.05) is 12.6 Å². The maximum absolute atomic E-state index is 12.6. The summed E-state index contributed by atoms with van der Waals surface area (Å²) in [6.07, 6.45) is -4.46. The van der Waals surface area contributed by atoms with E-state index in [2.05, 4.69) is 10.1 Å². The lowest BCUT2D eigenvalue weighted by atomic mass is 10.1. The number of likely N-dealkylation sites (N-methyl/N-ethyl adjacent to an activating group) is 1. The Morgan fingerprint density at radius 3 is 2.31 bits per heavy atom. The van der Waals surface area contributed by atoms with Gasteiger partial charge in [-0.1, -0.05) is 35.0 Å². The van der Waals surface area contributed by atoms with Crippen LogP contribution in [0.4, 0.5) is 13.2 Å². The number of benzene rings is 2. The fourth-order valence-electron chi connectivity index (χ4n) is 2.58. The highest BCUT2D eigenvalue weighted by Crippen LogP contribution is 2.30. The van der Waals surface area contributed by atoms with Gasteiger partial charge in [-0.05, 0) is 31.2 Å². The molecule has 0 spiro atoms. The normalized spacial score (nSPS) is 12.2. The van der Waals surface area contributed by atoms with Gasteiger partial charge in [-0.3, -0.25) is 4.79 Å². The van der Waals surface area contributed by atoms with Gasteiger partial charge in [0.25, 0.3) is 5.89 Å². The van der Waals surface area contributed by atoms with E-state index in [0.717, 1.165) is 22.0 Å². The SMILES string of the molecule is Cc1ccc(S(=O)(=O)N(C)CC(=O)OCc2nc(-c3ccc(C(F)(F)F)cc3)no2)cc1. The second-order valence-electron chi connectivity index (χ2n) is 6.82. The molecule has 0 aliphatic heterocycles. The molecular formula is C20H18F3N3O5S. The van der Waals surface area contributed by atoms with Gasteiger partial charge in [0.2, 0.25) is 15.8 Å². The third-order valence-electron chi connectivity index (χ3n) is 4.38. The molecule has 0 fully saturated rings. The van der Waals surface area contributed by atoms with Gasteiger partial charge in [-0.2, -0.15) is 22.5 Å². The van der Waals surface area contributed by atoms with Crippen LogP contribution in [0.1, 0.15) is 17.0 Å². The van der Waals surface area contributed by atoms with Crippen LogP contribution in [0.3, 0.4) is 0 Å². The maximum Gasteiger partial charge on any atom is 0.416 e. The Labute approximate surface area is 181 Å². The summed E-state index contributed by atoms with van der Waals surface area (Å²) in [6, 6.07) is 10.3. The largest absolute Gasteiger partial charge is 0.455 e. The van der Waals surface area contributed by atoms with Gasteiger partial charge in [-0.25, -0.2) is 8.42 Å². The van der Waals surface area contributed by atoms with Gasteiger partial charge in [0.15, 0.2) is 6.61 Å². The zero-order chi connectivity index (χ0) is 23.5. The summed E-state index contributed by atoms with van der Waals surface area (Å²) < 4.78 is 73.7. The number of carbonyl (C=O) groups excluding carboxylic acids is 1. The third kappa shape index (κ3) is 5.51. The second-order valence-corrected chi connectivity index (χ2v) is 8.87. The highest BCUT2D eigenvalue weighted by atomic mass is 32.2. The van der Waals surface area contributed by atoms with Gasteiger partial charge in [0.05, 0.1) is 10.5 Å². The number of halogens is 3. The zero-order valence-electron chi connectivity index (χ0n) is 17.0. The lowest BCUT2D eigenvalue weighted by Gasteiger charge is -2.16. The predicted molar refractivity (Wildman–Crippen MR) is 106 cm³/mol. The van der Waals surface area contributed by atoms with Crippen LogP contribution in [-0.2, 0) is 32.3 Å². The number of aromatic nitrogens is 2. The molecule has 170 valence electrons. The summed E-state index contributed by atoms with van der Waals surface area (Å²) in [5, 5.41) is 3.64. The number of alkyl halides is 3. The van der Waals surface area contributed by atoms with Crippen LogP contribution in [0, 0.1) is 6.92 Å². The van der Waals surface area contributed by atoms with Gasteiger partial charge >= 0.3 is 12.1 Å². The number of ether oxygens (including phenoxy) is 1. The maximum atomic E-state index is 12.6. The first-order valence-electron chi connectivity index (χ1n) is 9.15. The minimum atomic E-state index is -4.46. The van der Waals surface area contributed by atoms with Crippen molar-refractivity contribution in [3.8, 4) is 11.4 Å². The van der Waals surface area contributed by atoms with Crippen LogP contribution >= 0.6 is 0 Å². The molecule has 0 unspecified atom stereocenters. The van der Waals surface area contributed by atoms with Crippen LogP contribution in [0.15, 0.2) is 57.9 Å². The Morgan fingerprint density at radius 2 is 1.72 bits per heavy atom. The van der Waals surface area contributed by atoms with Crippen molar-refractivity contribution in [2.75, 3.05) is 13.6 Å². The number of carbonyl (C=O) groups is 1. The molecule has 0 amide bonds. The predicted octanol–water partition coefficient (Wildman–Crippen LogP) is 3.43. The molecule has 1 heterocycles. The molecule has 2 aromatic carbocycles. The van der Waals surface area contributed by atoms with Crippen molar-refractivity contribution in [2.24, 2.45) is 0 Å². The molecule has 8 nitrogen and oxygen atoms in total. The van der Waals surface area contributed by atoms with Gasteiger partial charge in [0.1, 0.15) is 6.54 Å². The third-order valence-corrected chi connectivity index (χ3v) is 6.19. The quantitative estimate of drug-likeness (QED) is 0.489. The molecule has 0 radical (unpaired) electrons. The summed E-state index contributed by atoms with van der Waals surface area (Å²) in [4.78, 5) is 16.0. The zero-order valence-corrected chi connectivity index (χ0v) is 17.8. The standard InChI is InChI=1S/C20H18F3N3O5S/c1-13-3-9-16(10-4-13)32(28,29)26(2)11-18(27)30-12-17-24-19(25-31-17)14-5-7-15(8-6-14)20(21,22)23/h3-10H,11-12H2,1-2H3. The first-order valence-corrected chi connectivity index (χ1v) is 10.6. The molecule has 0 aliphatic rings. The summed E-state index contributed by atoms with van der Waals surface area (Å²) in [5.74, 6) is -0.932. The second kappa shape index (κ2) is 9.09. The van der Waals surface area contributed by atoms with Crippen molar-refractivity contribution >= 4 is 16.0 Å². The fraction of sp³-hybridized carbons (Fsp3) is 0.250. The molecule has 32 heavy (non-hydrogen) atoms. The van der Waals surface area contributed by atoms with E-state index < -0.39 is 40.9 Å². The van der Waals surface area contributed by atoms with Crippen molar-refractivity contribution in [3.05, 3.63) is 65.5 Å². The molecular weight excluding hydrogens is 451 g/mol. The Morgan fingerprint density at radius 1 is 1.09 bits per heavy atom. The average Bonchev–Trinajstić information content (AvgIpc) is 3.21. The Balaban J connectivity index is 1.57. The summed E-state index contributed by atoms with van der Waals surface area (Å²) >= 11 is 0. The summed E-state index contributed by atoms with van der Waals surface area (Å²) in [5.41, 5.74) is 0.355. The number of hydrogen-bond donors (Lipinski definition) is 0. The topological polar surface area (TPSA) is 103 Å². The number of aryl methyl sites for hydroxylation is 1. The van der Waals surface area contributed by atoms with Crippen molar-refractivity contribution in [2.45, 2.75) is 24.6 Å². The number of rotatable bonds is 7. The number of sulfonamides is 1. The van der Waals surface area contributed by atoms with Crippen molar-refractivity contribution < 1.29 is 35.6 Å². The molecule has 0 atom stereocenters. The lowest BCUT2D eigenvalue weighted by molar-refractivity contribution is -0.145. The minimum Gasteiger partial charge on any atom is -0.455 e. The molecule has 0 N–H and O–H groups in total. The monoisotopic (exact) mass is 469 g/mol. The van der Waals surface area contributed by atoms with E-state index in [1.54, 1.807) is 12.1 Å². The summed E-state index contributed by atoms with van der Waals surface area (Å²) in [6.45, 7) is 0.846. The van der Waals surface area contributed by atoms with E-state index in [-0.39, 0.29) is 22.2 Å².